The quantitative estimate of drug-likeness (QED) is 0.553. The van der Waals surface area contributed by atoms with E-state index in [1.165, 1.54) is 12.1 Å². The summed E-state index contributed by atoms with van der Waals surface area (Å²) in [6.45, 7) is 3.07. The molecule has 0 unspecified atom stereocenters. The van der Waals surface area contributed by atoms with Gasteiger partial charge in [-0.15, -0.1) is 11.3 Å². The minimum absolute atomic E-state index is 0.0284. The average Bonchev–Trinajstić information content (AvgIpc) is 3.17. The predicted octanol–water partition coefficient (Wildman–Crippen LogP) is 3.61. The number of hydrogen-bond donors (Lipinski definition) is 1. The van der Waals surface area contributed by atoms with Crippen LogP contribution in [0.2, 0.25) is 5.02 Å². The lowest BCUT2D eigenvalue weighted by Gasteiger charge is -2.01. The summed E-state index contributed by atoms with van der Waals surface area (Å²) in [5, 5.41) is 18.7. The van der Waals surface area contributed by atoms with Crippen LogP contribution >= 0.6 is 22.9 Å². The minimum Gasteiger partial charge on any atom is -0.347 e. The molecule has 3 aromatic rings. The Bertz CT molecular complexity index is 934. The Kier molecular flexibility index (Phi) is 4.50. The number of hydrogen-bond acceptors (Lipinski definition) is 5. The average molecular weight is 365 g/mol. The van der Waals surface area contributed by atoms with Crippen LogP contribution in [0.3, 0.4) is 0 Å². The molecule has 0 aliphatic heterocycles. The summed E-state index contributed by atoms with van der Waals surface area (Å²) in [4.78, 5) is 23.1. The van der Waals surface area contributed by atoms with Crippen LogP contribution in [-0.2, 0) is 13.1 Å². The highest BCUT2D eigenvalue weighted by Crippen LogP contribution is 2.37. The van der Waals surface area contributed by atoms with Crippen LogP contribution < -0.4 is 5.32 Å². The number of nitrogens with zero attached hydrogens (tertiary/aromatic N) is 3. The van der Waals surface area contributed by atoms with Gasteiger partial charge in [0.15, 0.2) is 0 Å². The van der Waals surface area contributed by atoms with Gasteiger partial charge in [0, 0.05) is 47.1 Å². The van der Waals surface area contributed by atoms with Crippen LogP contribution in [0.4, 0.5) is 5.69 Å². The standard InChI is InChI=1S/C15H13ClN4O3S/c1-2-19-8-9(7-18-19)6-17-15(21)14-13(16)11-4-3-10(20(22)23)5-12(11)24-14/h3-5,7-8H,2,6H2,1H3,(H,17,21). The van der Waals surface area contributed by atoms with E-state index in [1.807, 2.05) is 13.1 Å². The molecule has 24 heavy (non-hydrogen) atoms. The lowest BCUT2D eigenvalue weighted by Crippen LogP contribution is -2.21. The molecule has 0 radical (unpaired) electrons. The van der Waals surface area contributed by atoms with Gasteiger partial charge in [-0.3, -0.25) is 19.6 Å². The van der Waals surface area contributed by atoms with Gasteiger partial charge in [0.05, 0.1) is 16.1 Å². The second-order valence-corrected chi connectivity index (χ2v) is 6.50. The van der Waals surface area contributed by atoms with Crippen LogP contribution in [0.1, 0.15) is 22.2 Å². The van der Waals surface area contributed by atoms with Crippen molar-refractivity contribution in [2.75, 3.05) is 0 Å². The summed E-state index contributed by atoms with van der Waals surface area (Å²) in [5.74, 6) is -0.312. The van der Waals surface area contributed by atoms with Crippen LogP contribution in [-0.4, -0.2) is 20.6 Å². The number of nitro benzene ring substituents is 1. The Morgan fingerprint density at radius 3 is 2.96 bits per heavy atom. The zero-order chi connectivity index (χ0) is 17.3. The van der Waals surface area contributed by atoms with Crippen LogP contribution in [0.25, 0.3) is 10.1 Å². The van der Waals surface area contributed by atoms with E-state index < -0.39 is 4.92 Å². The number of non-ortho nitro benzene ring substituents is 1. The number of carbonyl (C=O) groups excluding carboxylic acids is 1. The molecule has 0 saturated carbocycles. The normalized spacial score (nSPS) is 10.9. The van der Waals surface area contributed by atoms with Crippen molar-refractivity contribution >= 4 is 44.6 Å². The maximum atomic E-state index is 12.4. The van der Waals surface area contributed by atoms with Gasteiger partial charge >= 0.3 is 0 Å². The molecular formula is C15H13ClN4O3S. The maximum Gasteiger partial charge on any atom is 0.270 e. The topological polar surface area (TPSA) is 90.1 Å². The van der Waals surface area contributed by atoms with Crippen molar-refractivity contribution in [2.45, 2.75) is 20.0 Å². The van der Waals surface area contributed by atoms with E-state index in [2.05, 4.69) is 10.4 Å². The molecule has 0 bridgehead atoms. The number of rotatable bonds is 5. The molecule has 2 aromatic heterocycles. The third-order valence-electron chi connectivity index (χ3n) is 3.49. The lowest BCUT2D eigenvalue weighted by molar-refractivity contribution is -0.384. The van der Waals surface area contributed by atoms with Crippen molar-refractivity contribution in [3.8, 4) is 0 Å². The number of nitrogens with one attached hydrogen (secondary N) is 1. The van der Waals surface area contributed by atoms with E-state index >= 15 is 0 Å². The monoisotopic (exact) mass is 364 g/mol. The van der Waals surface area contributed by atoms with E-state index in [1.54, 1.807) is 16.9 Å². The lowest BCUT2D eigenvalue weighted by atomic mass is 10.2. The fourth-order valence-electron chi connectivity index (χ4n) is 2.25. The van der Waals surface area contributed by atoms with Crippen LogP contribution in [0, 0.1) is 10.1 Å². The molecule has 124 valence electrons. The maximum absolute atomic E-state index is 12.4. The Labute approximate surface area is 146 Å². The number of carbonyl (C=O) groups is 1. The fraction of sp³-hybridized carbons (Fsp3) is 0.200. The number of fused-ring (bicyclic) bond motifs is 1. The highest BCUT2D eigenvalue weighted by molar-refractivity contribution is 7.21. The van der Waals surface area contributed by atoms with E-state index in [0.717, 1.165) is 23.4 Å². The molecule has 0 aliphatic carbocycles. The fourth-order valence-corrected chi connectivity index (χ4v) is 3.71. The molecule has 1 amide bonds. The molecule has 3 rings (SSSR count). The first-order valence-electron chi connectivity index (χ1n) is 7.15. The molecule has 1 N–H and O–H groups in total. The van der Waals surface area contributed by atoms with Crippen molar-refractivity contribution < 1.29 is 9.72 Å². The second kappa shape index (κ2) is 6.58. The molecule has 1 aromatic carbocycles. The molecule has 2 heterocycles. The van der Waals surface area contributed by atoms with E-state index in [-0.39, 0.29) is 11.6 Å². The Hall–Kier alpha value is -2.45. The van der Waals surface area contributed by atoms with Gasteiger partial charge in [-0.2, -0.15) is 5.10 Å². The molecule has 0 fully saturated rings. The van der Waals surface area contributed by atoms with Crippen molar-refractivity contribution in [1.29, 1.82) is 0 Å². The van der Waals surface area contributed by atoms with Crippen molar-refractivity contribution in [3.05, 3.63) is 56.2 Å². The van der Waals surface area contributed by atoms with E-state index in [0.29, 0.717) is 26.5 Å². The molecule has 9 heteroatoms. The number of benzene rings is 1. The summed E-state index contributed by atoms with van der Waals surface area (Å²) < 4.78 is 2.38. The molecule has 0 saturated heterocycles. The molecule has 0 aliphatic rings. The number of aryl methyl sites for hydroxylation is 1. The van der Waals surface area contributed by atoms with Crippen LogP contribution in [0.5, 0.6) is 0 Å². The smallest absolute Gasteiger partial charge is 0.270 e. The predicted molar refractivity (Wildman–Crippen MR) is 92.6 cm³/mol. The third-order valence-corrected chi connectivity index (χ3v) is 5.15. The number of thiophene rings is 1. The molecule has 0 spiro atoms. The SMILES string of the molecule is CCn1cc(CNC(=O)c2sc3cc([N+](=O)[O-])ccc3c2Cl)cn1. The zero-order valence-electron chi connectivity index (χ0n) is 12.7. The summed E-state index contributed by atoms with van der Waals surface area (Å²) in [5.41, 5.74) is 0.859. The number of halogens is 1. The Morgan fingerprint density at radius 2 is 2.29 bits per heavy atom. The van der Waals surface area contributed by atoms with Gasteiger partial charge < -0.3 is 5.32 Å². The second-order valence-electron chi connectivity index (χ2n) is 5.07. The largest absolute Gasteiger partial charge is 0.347 e. The summed E-state index contributed by atoms with van der Waals surface area (Å²) in [6.07, 6.45) is 3.55. The van der Waals surface area contributed by atoms with E-state index in [9.17, 15) is 14.9 Å². The van der Waals surface area contributed by atoms with Crippen LogP contribution in [0.15, 0.2) is 30.6 Å². The highest BCUT2D eigenvalue weighted by Gasteiger charge is 2.19. The zero-order valence-corrected chi connectivity index (χ0v) is 14.2. The Balaban J connectivity index is 1.81. The first kappa shape index (κ1) is 16.4. The molecular weight excluding hydrogens is 352 g/mol. The van der Waals surface area contributed by atoms with Crippen molar-refractivity contribution in [1.82, 2.24) is 15.1 Å². The first-order chi connectivity index (χ1) is 11.5. The van der Waals surface area contributed by atoms with Gasteiger partial charge in [-0.1, -0.05) is 11.6 Å². The summed E-state index contributed by atoms with van der Waals surface area (Å²) >= 11 is 7.39. The number of aromatic nitrogens is 2. The van der Waals surface area contributed by atoms with Gasteiger partial charge in [0.1, 0.15) is 4.88 Å². The van der Waals surface area contributed by atoms with Gasteiger partial charge in [-0.05, 0) is 13.0 Å². The summed E-state index contributed by atoms with van der Waals surface area (Å²) in [6, 6.07) is 4.37. The molecule has 0 atom stereocenters. The van der Waals surface area contributed by atoms with E-state index in [4.69, 9.17) is 11.6 Å². The van der Waals surface area contributed by atoms with Gasteiger partial charge in [0.25, 0.3) is 11.6 Å². The van der Waals surface area contributed by atoms with Crippen molar-refractivity contribution in [2.24, 2.45) is 0 Å². The first-order valence-corrected chi connectivity index (χ1v) is 8.35. The number of nitro groups is 1. The van der Waals surface area contributed by atoms with Gasteiger partial charge in [0.2, 0.25) is 0 Å². The summed E-state index contributed by atoms with van der Waals surface area (Å²) in [7, 11) is 0. The van der Waals surface area contributed by atoms with Crippen molar-refractivity contribution in [3.63, 3.8) is 0 Å². The third kappa shape index (κ3) is 3.10. The number of amides is 1. The van der Waals surface area contributed by atoms with Gasteiger partial charge in [-0.25, -0.2) is 0 Å². The Morgan fingerprint density at radius 1 is 1.50 bits per heavy atom. The molecule has 7 nitrogen and oxygen atoms in total. The minimum atomic E-state index is -0.474. The highest BCUT2D eigenvalue weighted by atomic mass is 35.5.